The van der Waals surface area contributed by atoms with E-state index in [1.807, 2.05) is 64.1 Å². The molecule has 35 heavy (non-hydrogen) atoms. The minimum atomic E-state index is -0.496. The number of nitro groups is 1. The molecule has 4 rings (SSSR count). The molecule has 0 bridgehead atoms. The lowest BCUT2D eigenvalue weighted by atomic mass is 10.0. The summed E-state index contributed by atoms with van der Waals surface area (Å²) in [5.41, 5.74) is 6.43. The van der Waals surface area contributed by atoms with Crippen LogP contribution in [-0.4, -0.2) is 25.1 Å². The van der Waals surface area contributed by atoms with Gasteiger partial charge in [0.2, 0.25) is 0 Å². The average molecular weight is 468 g/mol. The Bertz CT molecular complexity index is 1540. The molecule has 1 heterocycles. The Morgan fingerprint density at radius 1 is 0.743 bits per heavy atom. The fraction of sp³-hybridized carbons (Fsp3) is 0.143. The van der Waals surface area contributed by atoms with Gasteiger partial charge in [0.15, 0.2) is 0 Å². The van der Waals surface area contributed by atoms with E-state index in [4.69, 9.17) is 0 Å². The number of aliphatic hydroxyl groups excluding tert-OH is 2. The number of rotatable bonds is 5. The summed E-state index contributed by atoms with van der Waals surface area (Å²) in [5, 5.41) is 33.1. The number of aromatic nitrogens is 2. The number of aliphatic hydroxyl groups is 2. The van der Waals surface area contributed by atoms with Crippen LogP contribution >= 0.6 is 0 Å². The summed E-state index contributed by atoms with van der Waals surface area (Å²) < 4.78 is 0. The van der Waals surface area contributed by atoms with E-state index < -0.39 is 4.92 Å². The number of non-ortho nitro benzene ring substituents is 1. The van der Waals surface area contributed by atoms with E-state index in [9.17, 15) is 20.3 Å². The highest BCUT2D eigenvalue weighted by molar-refractivity contribution is 5.87. The van der Waals surface area contributed by atoms with Crippen LogP contribution in [0.25, 0.3) is 34.7 Å². The molecule has 7 nitrogen and oxygen atoms in total. The molecular formula is C28H25N3O4. The van der Waals surface area contributed by atoms with E-state index in [-0.39, 0.29) is 22.9 Å². The van der Waals surface area contributed by atoms with Crippen molar-refractivity contribution >= 4 is 40.4 Å². The average Bonchev–Trinajstić information content (AvgIpc) is 2.78. The maximum atomic E-state index is 11.2. The fourth-order valence-electron chi connectivity index (χ4n) is 4.01. The molecule has 0 spiro atoms. The summed E-state index contributed by atoms with van der Waals surface area (Å²) in [6.07, 6.45) is 2.96. The first-order valence-electron chi connectivity index (χ1n) is 11.0. The van der Waals surface area contributed by atoms with E-state index >= 15 is 0 Å². The van der Waals surface area contributed by atoms with Crippen molar-refractivity contribution in [3.05, 3.63) is 109 Å². The molecule has 0 aliphatic heterocycles. The lowest BCUT2D eigenvalue weighted by Gasteiger charge is -2.10. The third-order valence-corrected chi connectivity index (χ3v) is 5.78. The van der Waals surface area contributed by atoms with Crippen molar-refractivity contribution in [3.63, 3.8) is 0 Å². The van der Waals surface area contributed by atoms with E-state index in [1.54, 1.807) is 0 Å². The van der Waals surface area contributed by atoms with Gasteiger partial charge >= 0.3 is 0 Å². The zero-order valence-corrected chi connectivity index (χ0v) is 19.9. The Morgan fingerprint density at radius 2 is 1.23 bits per heavy atom. The van der Waals surface area contributed by atoms with Crippen LogP contribution in [0.1, 0.15) is 44.8 Å². The van der Waals surface area contributed by atoms with Crippen LogP contribution < -0.4 is 0 Å². The Kier molecular flexibility index (Phi) is 6.34. The Hall–Kier alpha value is -4.52. The van der Waals surface area contributed by atoms with E-state index in [0.717, 1.165) is 22.3 Å². The van der Waals surface area contributed by atoms with Crippen LogP contribution in [0.4, 0.5) is 5.69 Å². The van der Waals surface area contributed by atoms with Gasteiger partial charge in [-0.15, -0.1) is 0 Å². The molecule has 7 heteroatoms. The highest BCUT2D eigenvalue weighted by Crippen LogP contribution is 2.27. The van der Waals surface area contributed by atoms with Crippen LogP contribution in [-0.2, 0) is 0 Å². The quantitative estimate of drug-likeness (QED) is 0.188. The van der Waals surface area contributed by atoms with Crippen LogP contribution in [0.3, 0.4) is 0 Å². The first-order chi connectivity index (χ1) is 16.6. The Balaban J connectivity index is 1.91. The molecule has 0 fully saturated rings. The second-order valence-electron chi connectivity index (χ2n) is 8.62. The first kappa shape index (κ1) is 23.6. The lowest BCUT2D eigenvalue weighted by Crippen LogP contribution is -1.98. The largest absolute Gasteiger partial charge is 0.507 e. The molecule has 2 N–H and O–H groups in total. The van der Waals surface area contributed by atoms with Gasteiger partial charge in [0.1, 0.15) is 11.5 Å². The number of aryl methyl sites for hydroxylation is 4. The summed E-state index contributed by atoms with van der Waals surface area (Å²) in [5.74, 6) is -0.0269. The number of hydrogen-bond acceptors (Lipinski definition) is 6. The predicted molar refractivity (Wildman–Crippen MR) is 139 cm³/mol. The Labute approximate surface area is 202 Å². The molecular weight excluding hydrogens is 442 g/mol. The number of hydrogen-bond donors (Lipinski definition) is 2. The normalized spacial score (nSPS) is 12.2. The van der Waals surface area contributed by atoms with Crippen molar-refractivity contribution in [2.24, 2.45) is 0 Å². The van der Waals surface area contributed by atoms with Gasteiger partial charge in [-0.05, 0) is 44.9 Å². The summed E-state index contributed by atoms with van der Waals surface area (Å²) in [4.78, 5) is 19.9. The molecule has 0 aliphatic rings. The highest BCUT2D eigenvalue weighted by atomic mass is 16.6. The zero-order valence-electron chi connectivity index (χ0n) is 19.9. The smallest absolute Gasteiger partial charge is 0.271 e. The van der Waals surface area contributed by atoms with Crippen LogP contribution in [0.15, 0.2) is 54.6 Å². The van der Waals surface area contributed by atoms with Gasteiger partial charge in [-0.25, -0.2) is 9.97 Å². The van der Waals surface area contributed by atoms with Gasteiger partial charge in [-0.3, -0.25) is 10.1 Å². The number of benzene rings is 3. The third-order valence-electron chi connectivity index (χ3n) is 5.78. The second kappa shape index (κ2) is 9.38. The zero-order chi connectivity index (χ0) is 25.3. The van der Waals surface area contributed by atoms with Crippen LogP contribution in [0.5, 0.6) is 0 Å². The SMILES string of the molecule is Cc1ccc(/C(O)=C/c2nc3ccc([N+](=O)[O-])cc3nc2/C=C(\O)c2ccc(C)cc2C)c(C)c1. The Morgan fingerprint density at radius 3 is 1.69 bits per heavy atom. The molecule has 0 atom stereocenters. The van der Waals surface area contributed by atoms with Crippen molar-refractivity contribution in [2.45, 2.75) is 27.7 Å². The summed E-state index contributed by atoms with van der Waals surface area (Å²) in [6.45, 7) is 7.75. The molecule has 1 aromatic heterocycles. The van der Waals surface area contributed by atoms with Crippen LogP contribution in [0.2, 0.25) is 0 Å². The number of nitro benzene ring substituents is 1. The van der Waals surface area contributed by atoms with Gasteiger partial charge in [-0.2, -0.15) is 0 Å². The van der Waals surface area contributed by atoms with Crippen molar-refractivity contribution in [1.29, 1.82) is 0 Å². The molecule has 176 valence electrons. The molecule has 4 aromatic rings. The van der Waals surface area contributed by atoms with Crippen molar-refractivity contribution < 1.29 is 15.1 Å². The first-order valence-corrected chi connectivity index (χ1v) is 11.0. The second-order valence-corrected chi connectivity index (χ2v) is 8.62. The minimum Gasteiger partial charge on any atom is -0.507 e. The summed E-state index contributed by atoms with van der Waals surface area (Å²) in [7, 11) is 0. The predicted octanol–water partition coefficient (Wildman–Crippen LogP) is 6.88. The summed E-state index contributed by atoms with van der Waals surface area (Å²) in [6, 6.07) is 15.6. The standard InChI is InChI=1S/C28H25N3O4/c1-16-5-8-21(18(3)11-16)27(32)14-25-26(15-28(33)22-9-6-17(2)12-19(22)4)30-24-13-20(31(34)35)7-10-23(24)29-25/h5-15,32-33H,1-4H3/b27-14-,28-15-. The molecule has 0 radical (unpaired) electrons. The van der Waals surface area contributed by atoms with Gasteiger partial charge in [0.05, 0.1) is 27.3 Å². The molecule has 0 saturated heterocycles. The lowest BCUT2D eigenvalue weighted by molar-refractivity contribution is -0.384. The number of nitrogens with zero attached hydrogens (tertiary/aromatic N) is 3. The van der Waals surface area contributed by atoms with Gasteiger partial charge < -0.3 is 10.2 Å². The van der Waals surface area contributed by atoms with Gasteiger partial charge in [0.25, 0.3) is 5.69 Å². The monoisotopic (exact) mass is 467 g/mol. The molecule has 3 aromatic carbocycles. The van der Waals surface area contributed by atoms with E-state index in [1.165, 1.54) is 30.4 Å². The molecule has 0 aliphatic carbocycles. The van der Waals surface area contributed by atoms with Crippen LogP contribution in [0, 0.1) is 37.8 Å². The highest BCUT2D eigenvalue weighted by Gasteiger charge is 2.14. The van der Waals surface area contributed by atoms with Crippen molar-refractivity contribution in [1.82, 2.24) is 9.97 Å². The van der Waals surface area contributed by atoms with E-state index in [0.29, 0.717) is 27.9 Å². The van der Waals surface area contributed by atoms with Crippen molar-refractivity contribution in [2.75, 3.05) is 0 Å². The number of fused-ring (bicyclic) bond motifs is 1. The molecule has 0 unspecified atom stereocenters. The minimum absolute atomic E-state index is 0.00119. The maximum absolute atomic E-state index is 11.2. The topological polar surface area (TPSA) is 109 Å². The van der Waals surface area contributed by atoms with E-state index in [2.05, 4.69) is 9.97 Å². The van der Waals surface area contributed by atoms with Crippen molar-refractivity contribution in [3.8, 4) is 0 Å². The summed E-state index contributed by atoms with van der Waals surface area (Å²) >= 11 is 0. The molecule has 0 amide bonds. The third kappa shape index (κ3) is 5.04. The van der Waals surface area contributed by atoms with Gasteiger partial charge in [-0.1, -0.05) is 47.5 Å². The fourth-order valence-corrected chi connectivity index (χ4v) is 4.01. The maximum Gasteiger partial charge on any atom is 0.271 e. The van der Waals surface area contributed by atoms with Gasteiger partial charge in [0, 0.05) is 35.4 Å². The molecule has 0 saturated carbocycles.